The summed E-state index contributed by atoms with van der Waals surface area (Å²) in [5.74, 6) is -2.57. The minimum Gasteiger partial charge on any atom is -0.462 e. The molecule has 3 aromatic rings. The Labute approximate surface area is 345 Å². The van der Waals surface area contributed by atoms with E-state index in [2.05, 4.69) is 13.8 Å². The first-order chi connectivity index (χ1) is 28.2. The molecule has 0 atom stereocenters. The molecular formula is C47H58F4N2O6. The van der Waals surface area contributed by atoms with Crippen molar-refractivity contribution in [2.24, 2.45) is 23.7 Å². The maximum Gasteiger partial charge on any atom is 0.400 e. The van der Waals surface area contributed by atoms with Crippen LogP contribution in [0.1, 0.15) is 114 Å². The molecule has 8 nitrogen and oxygen atoms in total. The number of nitrogens with two attached hydrogens (primary N) is 2. The van der Waals surface area contributed by atoms with E-state index in [-0.39, 0.29) is 24.7 Å². The Morgan fingerprint density at radius 2 is 1.05 bits per heavy atom. The summed E-state index contributed by atoms with van der Waals surface area (Å²) in [4.78, 5) is 25.5. The second-order valence-electron chi connectivity index (χ2n) is 16.0. The number of anilines is 2. The fraction of sp³-hybridized carbons (Fsp3) is 0.489. The quantitative estimate of drug-likeness (QED) is 0.0530. The summed E-state index contributed by atoms with van der Waals surface area (Å²) in [5.41, 5.74) is 14.5. The maximum absolute atomic E-state index is 14.9. The molecule has 0 unspecified atom stereocenters. The van der Waals surface area contributed by atoms with Gasteiger partial charge >= 0.3 is 24.2 Å². The van der Waals surface area contributed by atoms with Gasteiger partial charge in [0, 0.05) is 23.5 Å². The van der Waals surface area contributed by atoms with Crippen LogP contribution in [0.15, 0.2) is 78.9 Å². The highest BCUT2D eigenvalue weighted by molar-refractivity contribution is 5.87. The SMILES string of the molecule is CCCC1CCC(C(F)(F)Oc2ccc(/C=C/C(=O)OCC(COC(=O)/C=C/c3ccc(OC(F)(F)C4CCC(CCC)CC4)cc3)c3ccc(N)cc3N)cc2)CC1. The van der Waals surface area contributed by atoms with Crippen LogP contribution in [-0.4, -0.2) is 37.4 Å². The third-order valence-electron chi connectivity index (χ3n) is 11.5. The molecule has 0 aliphatic heterocycles. The van der Waals surface area contributed by atoms with Crippen molar-refractivity contribution in [3.05, 3.63) is 95.6 Å². The average Bonchev–Trinajstić information content (AvgIpc) is 3.21. The normalized spacial score (nSPS) is 20.6. The topological polar surface area (TPSA) is 123 Å². The van der Waals surface area contributed by atoms with Gasteiger partial charge in [-0.2, -0.15) is 17.6 Å². The monoisotopic (exact) mass is 822 g/mol. The third-order valence-corrected chi connectivity index (χ3v) is 11.5. The number of benzene rings is 3. The smallest absolute Gasteiger partial charge is 0.400 e. The molecule has 59 heavy (non-hydrogen) atoms. The number of halogens is 4. The first-order valence-corrected chi connectivity index (χ1v) is 20.9. The van der Waals surface area contributed by atoms with Crippen LogP contribution in [-0.2, 0) is 19.1 Å². The van der Waals surface area contributed by atoms with E-state index in [0.717, 1.165) is 51.4 Å². The Kier molecular flexibility index (Phi) is 16.3. The summed E-state index contributed by atoms with van der Waals surface area (Å²) >= 11 is 0. The van der Waals surface area contributed by atoms with Gasteiger partial charge in [-0.3, -0.25) is 0 Å². The van der Waals surface area contributed by atoms with Crippen molar-refractivity contribution in [2.75, 3.05) is 24.7 Å². The molecular weight excluding hydrogens is 765 g/mol. The van der Waals surface area contributed by atoms with Gasteiger partial charge in [-0.1, -0.05) is 69.9 Å². The molecule has 0 bridgehead atoms. The van der Waals surface area contributed by atoms with E-state index in [1.807, 2.05) is 0 Å². The zero-order chi connectivity index (χ0) is 42.4. The van der Waals surface area contributed by atoms with Crippen molar-refractivity contribution in [1.29, 1.82) is 0 Å². The Morgan fingerprint density at radius 1 is 0.644 bits per heavy atom. The summed E-state index contributed by atoms with van der Waals surface area (Å²) in [5, 5.41) is 0. The van der Waals surface area contributed by atoms with E-state index >= 15 is 0 Å². The zero-order valence-corrected chi connectivity index (χ0v) is 34.1. The minimum atomic E-state index is -3.27. The lowest BCUT2D eigenvalue weighted by Crippen LogP contribution is -2.37. The van der Waals surface area contributed by atoms with Gasteiger partial charge in [0.05, 0.1) is 17.8 Å². The second kappa shape index (κ2) is 21.3. The standard InChI is InChI=1S/C47H58F4N2O6/c1-3-5-32-7-17-37(18-8-32)46(48,49)58-40-22-11-34(12-23-40)15-27-44(54)56-30-36(42-26-21-39(52)29-43(42)53)31-57-45(55)28-16-35-13-24-41(25-14-35)59-47(50,51)38-19-9-33(6-4-2)10-20-38/h11-16,21-29,32-33,36-38H,3-10,17-20,30-31,52-53H2,1-2H3/b27-15+,28-16+. The predicted octanol–water partition coefficient (Wildman–Crippen LogP) is 11.6. The van der Waals surface area contributed by atoms with E-state index in [9.17, 15) is 27.2 Å². The van der Waals surface area contributed by atoms with Gasteiger partial charge in [-0.15, -0.1) is 0 Å². The van der Waals surface area contributed by atoms with Crippen molar-refractivity contribution < 1.29 is 46.1 Å². The Balaban J connectivity index is 1.10. The van der Waals surface area contributed by atoms with Crippen LogP contribution < -0.4 is 20.9 Å². The molecule has 2 aliphatic rings. The summed E-state index contributed by atoms with van der Waals surface area (Å²) in [7, 11) is 0. The van der Waals surface area contributed by atoms with Gasteiger partial charge < -0.3 is 30.4 Å². The molecule has 0 amide bonds. The molecule has 0 radical (unpaired) electrons. The van der Waals surface area contributed by atoms with Crippen LogP contribution in [0.2, 0.25) is 0 Å². The van der Waals surface area contributed by atoms with Gasteiger partial charge in [0.2, 0.25) is 0 Å². The summed E-state index contributed by atoms with van der Waals surface area (Å²) in [6, 6.07) is 16.9. The number of esters is 2. The lowest BCUT2D eigenvalue weighted by atomic mass is 9.79. The van der Waals surface area contributed by atoms with Crippen LogP contribution in [0, 0.1) is 23.7 Å². The van der Waals surface area contributed by atoms with Crippen molar-refractivity contribution in [3.8, 4) is 11.5 Å². The van der Waals surface area contributed by atoms with Crippen LogP contribution >= 0.6 is 0 Å². The third kappa shape index (κ3) is 13.8. The van der Waals surface area contributed by atoms with E-state index in [1.165, 1.54) is 48.6 Å². The van der Waals surface area contributed by atoms with E-state index < -0.39 is 41.9 Å². The summed E-state index contributed by atoms with van der Waals surface area (Å²) in [6.07, 6.45) is 7.98. The van der Waals surface area contributed by atoms with Crippen LogP contribution in [0.25, 0.3) is 12.2 Å². The van der Waals surface area contributed by atoms with E-state index in [1.54, 1.807) is 42.5 Å². The number of hydrogen-bond donors (Lipinski definition) is 2. The molecule has 2 saturated carbocycles. The van der Waals surface area contributed by atoms with Gasteiger partial charge in [-0.25, -0.2) is 9.59 Å². The van der Waals surface area contributed by atoms with E-state index in [4.69, 9.17) is 30.4 Å². The largest absolute Gasteiger partial charge is 0.462 e. The van der Waals surface area contributed by atoms with Gasteiger partial charge in [0.25, 0.3) is 0 Å². The lowest BCUT2D eigenvalue weighted by Gasteiger charge is -2.33. The minimum absolute atomic E-state index is 0.0407. The summed E-state index contributed by atoms with van der Waals surface area (Å²) in [6.45, 7) is 3.84. The number of hydrogen-bond acceptors (Lipinski definition) is 8. The Morgan fingerprint density at radius 3 is 1.42 bits per heavy atom. The number of carbonyl (C=O) groups excluding carboxylic acids is 2. The fourth-order valence-corrected chi connectivity index (χ4v) is 8.15. The zero-order valence-electron chi connectivity index (χ0n) is 34.1. The van der Waals surface area contributed by atoms with Gasteiger partial charge in [-0.05, 0) is 128 Å². The van der Waals surface area contributed by atoms with Crippen molar-refractivity contribution in [1.82, 2.24) is 0 Å². The molecule has 0 saturated heterocycles. The number of rotatable bonds is 19. The molecule has 2 fully saturated rings. The van der Waals surface area contributed by atoms with Crippen LogP contribution in [0.3, 0.4) is 0 Å². The number of ether oxygens (including phenoxy) is 4. The van der Waals surface area contributed by atoms with Crippen LogP contribution in [0.5, 0.6) is 11.5 Å². The highest BCUT2D eigenvalue weighted by atomic mass is 19.3. The predicted molar refractivity (Wildman–Crippen MR) is 223 cm³/mol. The molecule has 5 rings (SSSR count). The Hall–Kier alpha value is -5.00. The number of carbonyl (C=O) groups is 2. The molecule has 0 heterocycles. The number of nitrogen functional groups attached to an aromatic ring is 2. The van der Waals surface area contributed by atoms with Crippen LogP contribution in [0.4, 0.5) is 28.9 Å². The highest BCUT2D eigenvalue weighted by Crippen LogP contribution is 2.42. The summed E-state index contributed by atoms with van der Waals surface area (Å²) < 4.78 is 81.0. The van der Waals surface area contributed by atoms with E-state index in [0.29, 0.717) is 65.6 Å². The molecule has 4 N–H and O–H groups in total. The molecule has 12 heteroatoms. The molecule has 0 spiro atoms. The average molecular weight is 823 g/mol. The molecule has 0 aromatic heterocycles. The van der Waals surface area contributed by atoms with Crippen molar-refractivity contribution in [3.63, 3.8) is 0 Å². The van der Waals surface area contributed by atoms with Crippen molar-refractivity contribution in [2.45, 2.75) is 109 Å². The molecule has 3 aromatic carbocycles. The Bertz CT molecular complexity index is 1740. The maximum atomic E-state index is 14.9. The fourth-order valence-electron chi connectivity index (χ4n) is 8.15. The number of alkyl halides is 4. The van der Waals surface area contributed by atoms with Gasteiger partial charge in [0.1, 0.15) is 24.7 Å². The first kappa shape index (κ1) is 45.1. The lowest BCUT2D eigenvalue weighted by molar-refractivity contribution is -0.224. The second-order valence-corrected chi connectivity index (χ2v) is 16.0. The molecule has 320 valence electrons. The highest BCUT2D eigenvalue weighted by Gasteiger charge is 2.45. The van der Waals surface area contributed by atoms with Crippen molar-refractivity contribution >= 4 is 35.5 Å². The van der Waals surface area contributed by atoms with Gasteiger partial charge in [0.15, 0.2) is 0 Å². The molecule has 2 aliphatic carbocycles. The first-order valence-electron chi connectivity index (χ1n) is 20.9.